The summed E-state index contributed by atoms with van der Waals surface area (Å²) in [4.78, 5) is 35.2. The van der Waals surface area contributed by atoms with E-state index in [9.17, 15) is 19.0 Å². The van der Waals surface area contributed by atoms with Crippen molar-refractivity contribution in [2.75, 3.05) is 26.4 Å². The highest BCUT2D eigenvalue weighted by Gasteiger charge is 2.26. The summed E-state index contributed by atoms with van der Waals surface area (Å²) in [6.45, 7) is 3.78. The molecule has 0 spiro atoms. The van der Waals surface area contributed by atoms with E-state index < -0.39 is 26.5 Å². The molecule has 0 aliphatic rings. The fourth-order valence-corrected chi connectivity index (χ4v) is 9.37. The second kappa shape index (κ2) is 55.5. The van der Waals surface area contributed by atoms with Gasteiger partial charge in [-0.05, 0) is 70.6 Å². The number of ether oxygens (including phenoxy) is 2. The molecule has 2 unspecified atom stereocenters. The van der Waals surface area contributed by atoms with Gasteiger partial charge in [0.05, 0.1) is 13.2 Å². The number of allylic oxidation sites excluding steroid dienone is 6. The highest BCUT2D eigenvalue weighted by Crippen LogP contribution is 2.43. The van der Waals surface area contributed by atoms with E-state index in [1.54, 1.807) is 0 Å². The summed E-state index contributed by atoms with van der Waals surface area (Å²) < 4.78 is 33.1. The molecule has 9 nitrogen and oxygen atoms in total. The quantitative estimate of drug-likeness (QED) is 0.0264. The monoisotopic (exact) mass is 994 g/mol. The number of unbranched alkanes of at least 4 members (excludes halogenated alkanes) is 37. The summed E-state index contributed by atoms with van der Waals surface area (Å²) in [7, 11) is -4.39. The van der Waals surface area contributed by atoms with Gasteiger partial charge in [0.15, 0.2) is 6.10 Å². The lowest BCUT2D eigenvalue weighted by Crippen LogP contribution is -2.29. The summed E-state index contributed by atoms with van der Waals surface area (Å²) in [5, 5.41) is 0. The van der Waals surface area contributed by atoms with Crippen molar-refractivity contribution in [3.05, 3.63) is 36.5 Å². The minimum absolute atomic E-state index is 0.0542. The molecule has 406 valence electrons. The van der Waals surface area contributed by atoms with Gasteiger partial charge in [0.1, 0.15) is 6.61 Å². The lowest BCUT2D eigenvalue weighted by molar-refractivity contribution is -0.161. The number of phosphoric ester groups is 1. The third kappa shape index (κ3) is 55.4. The summed E-state index contributed by atoms with van der Waals surface area (Å²) in [6.07, 6.45) is 66.3. The molecule has 2 atom stereocenters. The molecule has 0 radical (unpaired) electrons. The Hall–Kier alpha value is -1.77. The van der Waals surface area contributed by atoms with Gasteiger partial charge in [-0.1, -0.05) is 249 Å². The Morgan fingerprint density at radius 1 is 0.435 bits per heavy atom. The molecule has 0 amide bonds. The Morgan fingerprint density at radius 2 is 0.754 bits per heavy atom. The zero-order valence-electron chi connectivity index (χ0n) is 45.3. The first-order valence-corrected chi connectivity index (χ1v) is 31.0. The second-order valence-corrected chi connectivity index (χ2v) is 21.3. The Labute approximate surface area is 426 Å². The second-order valence-electron chi connectivity index (χ2n) is 19.9. The van der Waals surface area contributed by atoms with Gasteiger partial charge in [-0.2, -0.15) is 0 Å². The third-order valence-electron chi connectivity index (χ3n) is 13.0. The van der Waals surface area contributed by atoms with Gasteiger partial charge in [0, 0.05) is 19.4 Å². The molecule has 0 rings (SSSR count). The van der Waals surface area contributed by atoms with Crippen LogP contribution in [-0.4, -0.2) is 49.3 Å². The van der Waals surface area contributed by atoms with Crippen LogP contribution in [0.3, 0.4) is 0 Å². The van der Waals surface area contributed by atoms with E-state index in [-0.39, 0.29) is 38.6 Å². The molecule has 0 aromatic rings. The van der Waals surface area contributed by atoms with E-state index in [1.165, 1.54) is 218 Å². The number of esters is 2. The van der Waals surface area contributed by atoms with Crippen molar-refractivity contribution in [3.8, 4) is 0 Å². The van der Waals surface area contributed by atoms with Gasteiger partial charge >= 0.3 is 19.8 Å². The normalized spacial score (nSPS) is 13.3. The van der Waals surface area contributed by atoms with Gasteiger partial charge in [0.25, 0.3) is 0 Å². The predicted octanol–water partition coefficient (Wildman–Crippen LogP) is 18.4. The van der Waals surface area contributed by atoms with E-state index in [1.807, 2.05) is 0 Å². The standard InChI is InChI=1S/C59H112NO8P/c1-3-5-7-9-11-13-15-17-19-21-23-25-27-28-30-32-34-36-38-40-42-44-46-48-50-52-59(62)68-57(56-67-69(63,64)66-54-53-60)55-65-58(61)51-49-47-45-43-41-39-37-35-33-31-29-26-24-22-20-18-16-14-12-10-8-6-4-2/h15,17,21-24,57H,3-14,16,18-20,25-56,60H2,1-2H3,(H,63,64)/b17-15-,23-21-,24-22-. The number of phosphoric acid groups is 1. The van der Waals surface area contributed by atoms with Crippen LogP contribution in [0.5, 0.6) is 0 Å². The number of hydrogen-bond donors (Lipinski definition) is 2. The molecule has 0 aromatic heterocycles. The summed E-state index contributed by atoms with van der Waals surface area (Å²) in [5.74, 6) is -0.816. The first kappa shape index (κ1) is 67.2. The first-order chi connectivity index (χ1) is 33.8. The van der Waals surface area contributed by atoms with E-state index in [4.69, 9.17) is 24.3 Å². The smallest absolute Gasteiger partial charge is 0.462 e. The van der Waals surface area contributed by atoms with Crippen molar-refractivity contribution < 1.29 is 37.6 Å². The number of carbonyl (C=O) groups excluding carboxylic acids is 2. The summed E-state index contributed by atoms with van der Waals surface area (Å²) >= 11 is 0. The average Bonchev–Trinajstić information content (AvgIpc) is 3.34. The zero-order chi connectivity index (χ0) is 50.2. The number of nitrogens with two attached hydrogens (primary N) is 1. The van der Waals surface area contributed by atoms with E-state index >= 15 is 0 Å². The van der Waals surface area contributed by atoms with Gasteiger partial charge in [-0.15, -0.1) is 0 Å². The summed E-state index contributed by atoms with van der Waals surface area (Å²) in [5.41, 5.74) is 5.38. The average molecular weight is 995 g/mol. The number of rotatable bonds is 56. The fourth-order valence-electron chi connectivity index (χ4n) is 8.60. The molecule has 0 fully saturated rings. The van der Waals surface area contributed by atoms with E-state index in [2.05, 4.69) is 50.3 Å². The molecule has 0 saturated heterocycles. The Morgan fingerprint density at radius 3 is 1.12 bits per heavy atom. The van der Waals surface area contributed by atoms with Crippen LogP contribution in [0.15, 0.2) is 36.5 Å². The van der Waals surface area contributed by atoms with Crippen molar-refractivity contribution in [3.63, 3.8) is 0 Å². The van der Waals surface area contributed by atoms with Crippen LogP contribution in [-0.2, 0) is 32.7 Å². The minimum Gasteiger partial charge on any atom is -0.462 e. The minimum atomic E-state index is -4.39. The molecule has 69 heavy (non-hydrogen) atoms. The van der Waals surface area contributed by atoms with Crippen LogP contribution in [0.2, 0.25) is 0 Å². The van der Waals surface area contributed by atoms with Crippen molar-refractivity contribution >= 4 is 19.8 Å². The molecular weight excluding hydrogens is 882 g/mol. The van der Waals surface area contributed by atoms with Crippen LogP contribution < -0.4 is 5.73 Å². The maximum atomic E-state index is 12.7. The highest BCUT2D eigenvalue weighted by molar-refractivity contribution is 7.47. The van der Waals surface area contributed by atoms with Gasteiger partial charge < -0.3 is 20.1 Å². The molecular formula is C59H112NO8P. The topological polar surface area (TPSA) is 134 Å². The maximum Gasteiger partial charge on any atom is 0.472 e. The molecule has 3 N–H and O–H groups in total. The number of carbonyl (C=O) groups is 2. The van der Waals surface area contributed by atoms with Crippen molar-refractivity contribution in [1.29, 1.82) is 0 Å². The van der Waals surface area contributed by atoms with Crippen molar-refractivity contribution in [1.82, 2.24) is 0 Å². The van der Waals surface area contributed by atoms with E-state index in [0.29, 0.717) is 6.42 Å². The Balaban J connectivity index is 3.95. The highest BCUT2D eigenvalue weighted by atomic mass is 31.2. The fraction of sp³-hybridized carbons (Fsp3) is 0.864. The lowest BCUT2D eigenvalue weighted by Gasteiger charge is -2.19. The molecule has 0 bridgehead atoms. The molecule has 10 heteroatoms. The summed E-state index contributed by atoms with van der Waals surface area (Å²) in [6, 6.07) is 0. The van der Waals surface area contributed by atoms with E-state index in [0.717, 1.165) is 44.9 Å². The third-order valence-corrected chi connectivity index (χ3v) is 14.0. The molecule has 0 heterocycles. The Bertz CT molecular complexity index is 1220. The van der Waals surface area contributed by atoms with Crippen LogP contribution in [0.1, 0.15) is 296 Å². The molecule has 0 saturated carbocycles. The van der Waals surface area contributed by atoms with Crippen LogP contribution in [0.25, 0.3) is 0 Å². The van der Waals surface area contributed by atoms with Gasteiger partial charge in [0.2, 0.25) is 0 Å². The molecule has 0 aliphatic heterocycles. The Kier molecular flexibility index (Phi) is 54.1. The zero-order valence-corrected chi connectivity index (χ0v) is 46.2. The molecule has 0 aliphatic carbocycles. The van der Waals surface area contributed by atoms with Gasteiger partial charge in [-0.25, -0.2) is 4.57 Å². The van der Waals surface area contributed by atoms with Crippen molar-refractivity contribution in [2.24, 2.45) is 5.73 Å². The maximum absolute atomic E-state index is 12.7. The lowest BCUT2D eigenvalue weighted by atomic mass is 10.0. The SMILES string of the molecule is CCCCCCC/C=C\C/C=C\CCCCCCCCCCCCCCCC(=O)OC(COC(=O)CCCCCCCCCCCCC/C=C\CCCCCCCCCC)COP(=O)(O)OCCN. The largest absolute Gasteiger partial charge is 0.472 e. The first-order valence-electron chi connectivity index (χ1n) is 29.5. The molecule has 0 aromatic carbocycles. The van der Waals surface area contributed by atoms with Crippen LogP contribution in [0, 0.1) is 0 Å². The van der Waals surface area contributed by atoms with Crippen LogP contribution in [0.4, 0.5) is 0 Å². The van der Waals surface area contributed by atoms with Crippen LogP contribution >= 0.6 is 7.82 Å². The number of hydrogen-bond acceptors (Lipinski definition) is 8. The predicted molar refractivity (Wildman–Crippen MR) is 294 cm³/mol. The van der Waals surface area contributed by atoms with Crippen molar-refractivity contribution in [2.45, 2.75) is 302 Å². The van der Waals surface area contributed by atoms with Gasteiger partial charge in [-0.3, -0.25) is 18.6 Å².